The lowest BCUT2D eigenvalue weighted by Crippen LogP contribution is -2.43. The Morgan fingerprint density at radius 3 is 2.60 bits per heavy atom. The molecule has 1 amide bonds. The minimum atomic E-state index is -0.0851. The van der Waals surface area contributed by atoms with Crippen molar-refractivity contribution in [2.45, 2.75) is 40.7 Å². The summed E-state index contributed by atoms with van der Waals surface area (Å²) in [6.07, 6.45) is 2.72. The SMILES string of the molecule is CCCN(CC(C)(C)CN)C(=O)c1cc(Cl)cn1CC. The van der Waals surface area contributed by atoms with Crippen LogP contribution in [0.3, 0.4) is 0 Å². The summed E-state index contributed by atoms with van der Waals surface area (Å²) in [4.78, 5) is 14.6. The van der Waals surface area contributed by atoms with Crippen LogP contribution in [0.25, 0.3) is 0 Å². The van der Waals surface area contributed by atoms with Gasteiger partial charge in [0.2, 0.25) is 0 Å². The summed E-state index contributed by atoms with van der Waals surface area (Å²) in [5.41, 5.74) is 6.35. The van der Waals surface area contributed by atoms with E-state index < -0.39 is 0 Å². The Hall–Kier alpha value is -1.00. The monoisotopic (exact) mass is 299 g/mol. The van der Waals surface area contributed by atoms with E-state index in [-0.39, 0.29) is 11.3 Å². The molecule has 0 spiro atoms. The van der Waals surface area contributed by atoms with Crippen LogP contribution < -0.4 is 5.73 Å². The Balaban J connectivity index is 2.98. The second kappa shape index (κ2) is 7.14. The van der Waals surface area contributed by atoms with Gasteiger partial charge in [-0.15, -0.1) is 0 Å². The van der Waals surface area contributed by atoms with Crippen molar-refractivity contribution in [3.8, 4) is 0 Å². The number of carbonyl (C=O) groups excluding carboxylic acids is 1. The van der Waals surface area contributed by atoms with E-state index in [1.54, 1.807) is 12.3 Å². The number of amides is 1. The van der Waals surface area contributed by atoms with Crippen molar-refractivity contribution in [3.63, 3.8) is 0 Å². The van der Waals surface area contributed by atoms with Crippen molar-refractivity contribution >= 4 is 17.5 Å². The maximum atomic E-state index is 12.7. The van der Waals surface area contributed by atoms with E-state index in [0.717, 1.165) is 19.5 Å². The molecule has 2 N–H and O–H groups in total. The molecular weight excluding hydrogens is 274 g/mol. The number of aromatic nitrogens is 1. The van der Waals surface area contributed by atoms with Gasteiger partial charge in [-0.1, -0.05) is 32.4 Å². The number of nitrogens with two attached hydrogens (primary N) is 1. The molecule has 0 unspecified atom stereocenters. The molecule has 0 bridgehead atoms. The number of carbonyl (C=O) groups is 1. The fourth-order valence-corrected chi connectivity index (χ4v) is 2.40. The molecule has 0 saturated carbocycles. The summed E-state index contributed by atoms with van der Waals surface area (Å²) >= 11 is 6.02. The third kappa shape index (κ3) is 4.25. The van der Waals surface area contributed by atoms with Crippen LogP contribution >= 0.6 is 11.6 Å². The molecule has 1 aromatic rings. The number of rotatable bonds is 7. The van der Waals surface area contributed by atoms with E-state index in [1.807, 2.05) is 16.4 Å². The Labute approximate surface area is 126 Å². The average Bonchev–Trinajstić information content (AvgIpc) is 2.78. The van der Waals surface area contributed by atoms with Crippen LogP contribution in [0.5, 0.6) is 0 Å². The van der Waals surface area contributed by atoms with E-state index in [9.17, 15) is 4.79 Å². The van der Waals surface area contributed by atoms with Crippen molar-refractivity contribution in [1.29, 1.82) is 0 Å². The first kappa shape index (κ1) is 17.1. The number of aryl methyl sites for hydroxylation is 1. The van der Waals surface area contributed by atoms with Crippen molar-refractivity contribution < 1.29 is 4.79 Å². The topological polar surface area (TPSA) is 51.3 Å². The molecule has 1 rings (SSSR count). The normalized spacial score (nSPS) is 11.7. The Morgan fingerprint density at radius 2 is 2.10 bits per heavy atom. The zero-order valence-electron chi connectivity index (χ0n) is 12.9. The lowest BCUT2D eigenvalue weighted by atomic mass is 9.93. The van der Waals surface area contributed by atoms with Gasteiger partial charge < -0.3 is 15.2 Å². The highest BCUT2D eigenvalue weighted by Crippen LogP contribution is 2.20. The van der Waals surface area contributed by atoms with Crippen molar-refractivity contribution in [2.75, 3.05) is 19.6 Å². The Kier molecular flexibility index (Phi) is 6.08. The van der Waals surface area contributed by atoms with Crippen molar-refractivity contribution in [2.24, 2.45) is 11.1 Å². The summed E-state index contributed by atoms with van der Waals surface area (Å²) in [5.74, 6) is 0.0297. The van der Waals surface area contributed by atoms with Gasteiger partial charge in [0.1, 0.15) is 5.69 Å². The number of nitrogens with zero attached hydrogens (tertiary/aromatic N) is 2. The number of hydrogen-bond acceptors (Lipinski definition) is 2. The van der Waals surface area contributed by atoms with Crippen molar-refractivity contribution in [3.05, 3.63) is 23.0 Å². The molecule has 5 heteroatoms. The first-order valence-electron chi connectivity index (χ1n) is 7.19. The fraction of sp³-hybridized carbons (Fsp3) is 0.667. The highest BCUT2D eigenvalue weighted by atomic mass is 35.5. The molecule has 1 heterocycles. The fourth-order valence-electron chi connectivity index (χ4n) is 2.18. The van der Waals surface area contributed by atoms with E-state index in [2.05, 4.69) is 20.8 Å². The second-order valence-corrected chi connectivity index (χ2v) is 6.36. The second-order valence-electron chi connectivity index (χ2n) is 5.92. The quantitative estimate of drug-likeness (QED) is 0.841. The van der Waals surface area contributed by atoms with Gasteiger partial charge in [-0.3, -0.25) is 4.79 Å². The van der Waals surface area contributed by atoms with Crippen LogP contribution in [-0.2, 0) is 6.54 Å². The maximum Gasteiger partial charge on any atom is 0.270 e. The van der Waals surface area contributed by atoms with Crippen LogP contribution in [0.1, 0.15) is 44.6 Å². The molecule has 0 fully saturated rings. The van der Waals surface area contributed by atoms with Crippen LogP contribution in [0, 0.1) is 5.41 Å². The predicted octanol–water partition coefficient (Wildman–Crippen LogP) is 3.00. The van der Waals surface area contributed by atoms with Crippen LogP contribution in [-0.4, -0.2) is 35.0 Å². The summed E-state index contributed by atoms with van der Waals surface area (Å²) < 4.78 is 1.89. The van der Waals surface area contributed by atoms with Crippen LogP contribution in [0.15, 0.2) is 12.3 Å². The zero-order chi connectivity index (χ0) is 15.3. The van der Waals surface area contributed by atoms with E-state index in [1.165, 1.54) is 0 Å². The Bertz CT molecular complexity index is 454. The van der Waals surface area contributed by atoms with E-state index in [4.69, 9.17) is 17.3 Å². The molecule has 0 saturated heterocycles. The molecule has 0 atom stereocenters. The molecule has 0 aliphatic carbocycles. The van der Waals surface area contributed by atoms with Crippen LogP contribution in [0.2, 0.25) is 5.02 Å². The minimum absolute atomic E-state index is 0.0297. The van der Waals surface area contributed by atoms with Gasteiger partial charge in [0, 0.05) is 25.8 Å². The lowest BCUT2D eigenvalue weighted by Gasteiger charge is -2.32. The minimum Gasteiger partial charge on any atom is -0.342 e. The molecule has 0 aliphatic heterocycles. The number of halogens is 1. The molecular formula is C15H26ClN3O. The van der Waals surface area contributed by atoms with E-state index in [0.29, 0.717) is 23.8 Å². The Morgan fingerprint density at radius 1 is 1.45 bits per heavy atom. The summed E-state index contributed by atoms with van der Waals surface area (Å²) in [6.45, 7) is 10.9. The molecule has 0 radical (unpaired) electrons. The van der Waals surface area contributed by atoms with Gasteiger partial charge in [-0.2, -0.15) is 0 Å². The maximum absolute atomic E-state index is 12.7. The predicted molar refractivity (Wildman–Crippen MR) is 84.1 cm³/mol. The van der Waals surface area contributed by atoms with Gasteiger partial charge in [-0.05, 0) is 31.4 Å². The van der Waals surface area contributed by atoms with Crippen LogP contribution in [0.4, 0.5) is 0 Å². The average molecular weight is 300 g/mol. The van der Waals surface area contributed by atoms with Gasteiger partial charge >= 0.3 is 0 Å². The molecule has 1 aromatic heterocycles. The molecule has 20 heavy (non-hydrogen) atoms. The first-order valence-corrected chi connectivity index (χ1v) is 7.57. The summed E-state index contributed by atoms with van der Waals surface area (Å²) in [7, 11) is 0. The lowest BCUT2D eigenvalue weighted by molar-refractivity contribution is 0.0678. The largest absolute Gasteiger partial charge is 0.342 e. The van der Waals surface area contributed by atoms with Crippen molar-refractivity contribution in [1.82, 2.24) is 9.47 Å². The highest BCUT2D eigenvalue weighted by molar-refractivity contribution is 6.31. The molecule has 114 valence electrons. The molecule has 4 nitrogen and oxygen atoms in total. The zero-order valence-corrected chi connectivity index (χ0v) is 13.7. The third-order valence-corrected chi connectivity index (χ3v) is 3.58. The van der Waals surface area contributed by atoms with Gasteiger partial charge in [0.25, 0.3) is 5.91 Å². The molecule has 0 aromatic carbocycles. The molecule has 0 aliphatic rings. The van der Waals surface area contributed by atoms with Gasteiger partial charge in [-0.25, -0.2) is 0 Å². The highest BCUT2D eigenvalue weighted by Gasteiger charge is 2.25. The van der Waals surface area contributed by atoms with Gasteiger partial charge in [0.05, 0.1) is 5.02 Å². The smallest absolute Gasteiger partial charge is 0.270 e. The first-order chi connectivity index (χ1) is 9.34. The van der Waals surface area contributed by atoms with Gasteiger partial charge in [0.15, 0.2) is 0 Å². The summed E-state index contributed by atoms with van der Waals surface area (Å²) in [6, 6.07) is 1.74. The van der Waals surface area contributed by atoms with E-state index >= 15 is 0 Å². The number of hydrogen-bond donors (Lipinski definition) is 1. The third-order valence-electron chi connectivity index (χ3n) is 3.38. The standard InChI is InChI=1S/C15H26ClN3O/c1-5-7-19(11-15(3,4)10-17)14(20)13-8-12(16)9-18(13)6-2/h8-9H,5-7,10-11,17H2,1-4H3. The summed E-state index contributed by atoms with van der Waals surface area (Å²) in [5, 5.41) is 0.602.